The molecule has 8 heteroatoms. The van der Waals surface area contributed by atoms with Crippen LogP contribution in [-0.2, 0) is 4.79 Å². The molecule has 0 aliphatic carbocycles. The van der Waals surface area contributed by atoms with E-state index in [2.05, 4.69) is 51.1 Å². The van der Waals surface area contributed by atoms with Crippen LogP contribution >= 0.6 is 23.8 Å². The number of hydrogen-bond acceptors (Lipinski definition) is 3. The number of hydrogen-bond donors (Lipinski definition) is 2. The molecule has 1 aliphatic heterocycles. The molecule has 0 saturated carbocycles. The average molecular weight is 544 g/mol. The Bertz CT molecular complexity index is 1490. The molecule has 6 nitrogen and oxygen atoms in total. The first-order valence-corrected chi connectivity index (χ1v) is 13.4. The third kappa shape index (κ3) is 5.17. The molecule has 0 bridgehead atoms. The van der Waals surface area contributed by atoms with Crippen molar-refractivity contribution in [3.05, 3.63) is 112 Å². The molecule has 1 amide bonds. The van der Waals surface area contributed by atoms with Crippen LogP contribution in [0.25, 0.3) is 5.69 Å². The molecule has 1 saturated heterocycles. The lowest BCUT2D eigenvalue weighted by molar-refractivity contribution is -0.116. The fourth-order valence-electron chi connectivity index (χ4n) is 5.23. The second-order valence-corrected chi connectivity index (χ2v) is 10.4. The van der Waals surface area contributed by atoms with Gasteiger partial charge in [-0.25, -0.2) is 0 Å². The number of aryl methyl sites for hydroxylation is 2. The van der Waals surface area contributed by atoms with Gasteiger partial charge in [0.2, 0.25) is 5.91 Å². The van der Waals surface area contributed by atoms with Gasteiger partial charge in [-0.1, -0.05) is 41.9 Å². The first-order valence-electron chi connectivity index (χ1n) is 12.6. The van der Waals surface area contributed by atoms with Gasteiger partial charge in [-0.15, -0.1) is 0 Å². The first-order chi connectivity index (χ1) is 18.3. The van der Waals surface area contributed by atoms with E-state index in [0.717, 1.165) is 39.6 Å². The number of carbonyl (C=O) groups excluding carboxylic acids is 1. The number of aromatic nitrogens is 2. The van der Waals surface area contributed by atoms with Gasteiger partial charge in [-0.3, -0.25) is 9.78 Å². The van der Waals surface area contributed by atoms with Crippen molar-refractivity contribution in [2.45, 2.75) is 39.3 Å². The maximum atomic E-state index is 12.9. The average Bonchev–Trinajstić information content (AvgIpc) is 3.39. The normalized spacial score (nSPS) is 16.9. The number of pyridine rings is 1. The third-order valence-corrected chi connectivity index (χ3v) is 7.64. The monoisotopic (exact) mass is 543 g/mol. The number of nitrogens with one attached hydrogen (secondary N) is 2. The van der Waals surface area contributed by atoms with E-state index in [-0.39, 0.29) is 18.0 Å². The molecular formula is C30H30ClN5OS. The van der Waals surface area contributed by atoms with Crippen molar-refractivity contribution in [2.75, 3.05) is 11.9 Å². The maximum absolute atomic E-state index is 12.9. The Morgan fingerprint density at radius 2 is 1.84 bits per heavy atom. The van der Waals surface area contributed by atoms with E-state index >= 15 is 0 Å². The smallest absolute Gasteiger partial charge is 0.226 e. The summed E-state index contributed by atoms with van der Waals surface area (Å²) in [4.78, 5) is 19.7. The molecule has 0 unspecified atom stereocenters. The molecule has 2 aromatic heterocycles. The maximum Gasteiger partial charge on any atom is 0.226 e. The minimum atomic E-state index is -0.156. The van der Waals surface area contributed by atoms with Crippen LogP contribution in [0.15, 0.2) is 79.0 Å². The standard InChI is InChI=1S/C30H30ClN5OS/c1-19-9-4-5-12-25(19)33-27(37)14-16-35-29(28(34-30(35)38)26-13-6-7-15-32-26)24-17-20(2)36(21(24)3)23-11-8-10-22(31)18-23/h4-13,15,17-18,28-29H,14,16H2,1-3H3,(H,33,37)(H,34,38)/t28-,29-/m1/s1. The summed E-state index contributed by atoms with van der Waals surface area (Å²) in [5.74, 6) is -0.0495. The summed E-state index contributed by atoms with van der Waals surface area (Å²) in [6.45, 7) is 6.66. The van der Waals surface area contributed by atoms with Gasteiger partial charge in [0, 0.05) is 46.9 Å². The lowest BCUT2D eigenvalue weighted by Gasteiger charge is -2.28. The molecule has 0 radical (unpaired) electrons. The number of amides is 1. The molecule has 1 fully saturated rings. The Labute approximate surface area is 233 Å². The van der Waals surface area contributed by atoms with Gasteiger partial charge in [-0.05, 0) is 86.6 Å². The number of nitrogens with zero attached hydrogens (tertiary/aromatic N) is 3. The van der Waals surface area contributed by atoms with Gasteiger partial charge >= 0.3 is 0 Å². The van der Waals surface area contributed by atoms with Crippen molar-refractivity contribution < 1.29 is 4.79 Å². The van der Waals surface area contributed by atoms with Gasteiger partial charge in [0.1, 0.15) is 0 Å². The highest BCUT2D eigenvalue weighted by Crippen LogP contribution is 2.41. The molecule has 3 heterocycles. The van der Waals surface area contributed by atoms with Gasteiger partial charge in [0.25, 0.3) is 0 Å². The van der Waals surface area contributed by atoms with Crippen molar-refractivity contribution in [3.8, 4) is 5.69 Å². The number of rotatable bonds is 7. The molecule has 2 N–H and O–H groups in total. The number of carbonyl (C=O) groups is 1. The molecule has 2 atom stereocenters. The molecule has 1 aliphatic rings. The quantitative estimate of drug-likeness (QED) is 0.262. The predicted molar refractivity (Wildman–Crippen MR) is 157 cm³/mol. The SMILES string of the molecule is Cc1ccccc1NC(=O)CCN1C(=S)N[C@H](c2ccccn2)[C@H]1c1cc(C)n(-c2cccc(Cl)c2)c1C. The zero-order valence-corrected chi connectivity index (χ0v) is 23.2. The molecule has 5 rings (SSSR count). The van der Waals surface area contributed by atoms with Crippen LogP contribution in [0, 0.1) is 20.8 Å². The number of para-hydroxylation sites is 1. The van der Waals surface area contributed by atoms with Crippen LogP contribution < -0.4 is 10.6 Å². The second-order valence-electron chi connectivity index (χ2n) is 9.57. The second kappa shape index (κ2) is 11.0. The lowest BCUT2D eigenvalue weighted by Crippen LogP contribution is -2.33. The van der Waals surface area contributed by atoms with Gasteiger partial charge in [-0.2, -0.15) is 0 Å². The Balaban J connectivity index is 1.48. The molecule has 38 heavy (non-hydrogen) atoms. The summed E-state index contributed by atoms with van der Waals surface area (Å²) in [7, 11) is 0. The topological polar surface area (TPSA) is 62.2 Å². The van der Waals surface area contributed by atoms with E-state index in [4.69, 9.17) is 23.8 Å². The predicted octanol–water partition coefficient (Wildman–Crippen LogP) is 6.45. The van der Waals surface area contributed by atoms with E-state index in [1.165, 1.54) is 0 Å². The van der Waals surface area contributed by atoms with Crippen molar-refractivity contribution in [1.82, 2.24) is 19.8 Å². The van der Waals surface area contributed by atoms with E-state index < -0.39 is 0 Å². The largest absolute Gasteiger partial charge is 0.352 e. The number of halogens is 1. The number of thiocarbonyl (C=S) groups is 1. The Morgan fingerprint density at radius 1 is 1.05 bits per heavy atom. The highest BCUT2D eigenvalue weighted by atomic mass is 35.5. The van der Waals surface area contributed by atoms with Gasteiger partial charge in [0.05, 0.1) is 17.8 Å². The van der Waals surface area contributed by atoms with Gasteiger partial charge < -0.3 is 20.1 Å². The third-order valence-electron chi connectivity index (χ3n) is 7.05. The van der Waals surface area contributed by atoms with E-state index in [9.17, 15) is 4.79 Å². The highest BCUT2D eigenvalue weighted by molar-refractivity contribution is 7.80. The van der Waals surface area contributed by atoms with E-state index in [0.29, 0.717) is 23.1 Å². The minimum Gasteiger partial charge on any atom is -0.352 e. The Hall–Kier alpha value is -3.68. The van der Waals surface area contributed by atoms with Crippen LogP contribution in [-0.4, -0.2) is 32.0 Å². The molecular weight excluding hydrogens is 514 g/mol. The van der Waals surface area contributed by atoms with Crippen LogP contribution in [0.3, 0.4) is 0 Å². The summed E-state index contributed by atoms with van der Waals surface area (Å²) < 4.78 is 2.21. The molecule has 194 valence electrons. The zero-order chi connectivity index (χ0) is 26.8. The number of benzene rings is 2. The molecule has 4 aromatic rings. The van der Waals surface area contributed by atoms with Crippen LogP contribution in [0.4, 0.5) is 5.69 Å². The van der Waals surface area contributed by atoms with Crippen LogP contribution in [0.1, 0.15) is 46.7 Å². The fraction of sp³-hybridized carbons (Fsp3) is 0.233. The first kappa shape index (κ1) is 25.9. The van der Waals surface area contributed by atoms with Crippen molar-refractivity contribution in [2.24, 2.45) is 0 Å². The summed E-state index contributed by atoms with van der Waals surface area (Å²) in [5.41, 5.74) is 7.08. The lowest BCUT2D eigenvalue weighted by atomic mass is 9.96. The van der Waals surface area contributed by atoms with Crippen molar-refractivity contribution >= 4 is 40.5 Å². The summed E-state index contributed by atoms with van der Waals surface area (Å²) >= 11 is 12.1. The summed E-state index contributed by atoms with van der Waals surface area (Å²) in [6.07, 6.45) is 2.10. The van der Waals surface area contributed by atoms with Crippen molar-refractivity contribution in [1.29, 1.82) is 0 Å². The van der Waals surface area contributed by atoms with Crippen LogP contribution in [0.5, 0.6) is 0 Å². The minimum absolute atomic E-state index is 0.0495. The van der Waals surface area contributed by atoms with E-state index in [1.54, 1.807) is 6.20 Å². The molecule has 0 spiro atoms. The van der Waals surface area contributed by atoms with E-state index in [1.807, 2.05) is 67.6 Å². The van der Waals surface area contributed by atoms with Crippen molar-refractivity contribution in [3.63, 3.8) is 0 Å². The summed E-state index contributed by atoms with van der Waals surface area (Å²) in [5, 5.41) is 7.83. The zero-order valence-electron chi connectivity index (χ0n) is 21.6. The number of anilines is 1. The van der Waals surface area contributed by atoms with Gasteiger partial charge in [0.15, 0.2) is 5.11 Å². The highest BCUT2D eigenvalue weighted by Gasteiger charge is 2.41. The Kier molecular flexibility index (Phi) is 7.49. The Morgan fingerprint density at radius 3 is 2.58 bits per heavy atom. The fourth-order valence-corrected chi connectivity index (χ4v) is 5.75. The van der Waals surface area contributed by atoms with Crippen LogP contribution in [0.2, 0.25) is 5.02 Å². The molecule has 2 aromatic carbocycles. The summed E-state index contributed by atoms with van der Waals surface area (Å²) in [6, 6.07) is 23.4.